The molecule has 1 fully saturated rings. The average molecular weight is 318 g/mol. The Morgan fingerprint density at radius 2 is 2.00 bits per heavy atom. The second-order valence-corrected chi connectivity index (χ2v) is 6.62. The normalized spacial score (nSPS) is 17.8. The molecule has 1 N–H and O–H groups in total. The molecule has 0 radical (unpaired) electrons. The van der Waals surface area contributed by atoms with Crippen molar-refractivity contribution in [1.82, 2.24) is 10.2 Å². The van der Waals surface area contributed by atoms with E-state index in [-0.39, 0.29) is 17.9 Å². The lowest BCUT2D eigenvalue weighted by Crippen LogP contribution is -2.49. The maximum Gasteiger partial charge on any atom is 0.237 e. The number of nitrogens with zero attached hydrogens (tertiary/aromatic N) is 1. The highest BCUT2D eigenvalue weighted by Crippen LogP contribution is 2.20. The molecule has 1 saturated heterocycles. The summed E-state index contributed by atoms with van der Waals surface area (Å²) in [6.07, 6.45) is 2.07. The van der Waals surface area contributed by atoms with Gasteiger partial charge < -0.3 is 15.0 Å². The van der Waals surface area contributed by atoms with E-state index in [1.54, 1.807) is 25.8 Å². The van der Waals surface area contributed by atoms with Gasteiger partial charge >= 0.3 is 0 Å². The molecule has 1 aromatic carbocycles. The lowest BCUT2D eigenvalue weighted by molar-refractivity contribution is -0.148. The van der Waals surface area contributed by atoms with E-state index in [2.05, 4.69) is 5.32 Å². The van der Waals surface area contributed by atoms with Gasteiger partial charge in [0.05, 0.1) is 6.10 Å². The Kier molecular flexibility index (Phi) is 5.77. The van der Waals surface area contributed by atoms with E-state index < -0.39 is 5.41 Å². The molecular weight excluding hydrogens is 292 g/mol. The van der Waals surface area contributed by atoms with Crippen molar-refractivity contribution in [3.8, 4) is 0 Å². The van der Waals surface area contributed by atoms with Crippen LogP contribution in [0, 0.1) is 5.41 Å². The molecule has 1 aromatic rings. The molecule has 2 rings (SSSR count). The molecule has 0 saturated carbocycles. The van der Waals surface area contributed by atoms with Gasteiger partial charge in [-0.05, 0) is 32.3 Å². The molecule has 0 spiro atoms. The fourth-order valence-corrected chi connectivity index (χ4v) is 2.74. The Balaban J connectivity index is 1.90. The smallest absolute Gasteiger partial charge is 0.237 e. The number of amides is 2. The third-order valence-electron chi connectivity index (χ3n) is 4.23. The van der Waals surface area contributed by atoms with Crippen molar-refractivity contribution >= 4 is 11.8 Å². The highest BCUT2D eigenvalue weighted by atomic mass is 16.5. The van der Waals surface area contributed by atoms with Crippen LogP contribution in [0.5, 0.6) is 0 Å². The van der Waals surface area contributed by atoms with Crippen LogP contribution in [0.15, 0.2) is 30.3 Å². The Bertz CT molecular complexity index is 536. The zero-order valence-electron chi connectivity index (χ0n) is 14.2. The second kappa shape index (κ2) is 7.59. The molecule has 0 bridgehead atoms. The van der Waals surface area contributed by atoms with Crippen LogP contribution in [0.2, 0.25) is 0 Å². The van der Waals surface area contributed by atoms with Gasteiger partial charge in [-0.15, -0.1) is 0 Å². The molecule has 1 aliphatic heterocycles. The van der Waals surface area contributed by atoms with Gasteiger partial charge in [-0.25, -0.2) is 0 Å². The number of carbonyl (C=O) groups excluding carboxylic acids is 2. The number of hydrogen-bond acceptors (Lipinski definition) is 3. The van der Waals surface area contributed by atoms with Gasteiger partial charge in [-0.2, -0.15) is 0 Å². The van der Waals surface area contributed by atoms with E-state index in [9.17, 15) is 9.59 Å². The Hall–Kier alpha value is -1.88. The van der Waals surface area contributed by atoms with Crippen molar-refractivity contribution in [3.05, 3.63) is 35.9 Å². The molecule has 5 nitrogen and oxygen atoms in total. The van der Waals surface area contributed by atoms with Crippen LogP contribution in [0.3, 0.4) is 0 Å². The van der Waals surface area contributed by atoms with Crippen LogP contribution in [-0.2, 0) is 20.9 Å². The second-order valence-electron chi connectivity index (χ2n) is 6.62. The van der Waals surface area contributed by atoms with Crippen LogP contribution in [-0.4, -0.2) is 43.0 Å². The van der Waals surface area contributed by atoms with Crippen LogP contribution in [0.1, 0.15) is 32.3 Å². The van der Waals surface area contributed by atoms with E-state index in [4.69, 9.17) is 4.74 Å². The van der Waals surface area contributed by atoms with E-state index in [0.717, 1.165) is 25.0 Å². The third-order valence-corrected chi connectivity index (χ3v) is 4.23. The molecule has 126 valence electrons. The first-order valence-corrected chi connectivity index (χ1v) is 8.10. The minimum Gasteiger partial charge on any atom is -0.376 e. The SMILES string of the molecule is CN(Cc1ccccc1)C(=O)C(C)(C)C(=O)NCC1CCCO1. The Morgan fingerprint density at radius 1 is 1.30 bits per heavy atom. The predicted molar refractivity (Wildman–Crippen MR) is 88.7 cm³/mol. The maximum absolute atomic E-state index is 12.6. The molecular formula is C18H26N2O3. The minimum absolute atomic E-state index is 0.0758. The molecule has 5 heteroatoms. The lowest BCUT2D eigenvalue weighted by Gasteiger charge is -2.29. The first-order valence-electron chi connectivity index (χ1n) is 8.10. The van der Waals surface area contributed by atoms with Crippen molar-refractivity contribution in [1.29, 1.82) is 0 Å². The van der Waals surface area contributed by atoms with Gasteiger partial charge in [0.15, 0.2) is 0 Å². The summed E-state index contributed by atoms with van der Waals surface area (Å²) in [5.41, 5.74) is -0.0544. The number of hydrogen-bond donors (Lipinski definition) is 1. The number of rotatable bonds is 6. The molecule has 1 unspecified atom stereocenters. The van der Waals surface area contributed by atoms with Crippen molar-refractivity contribution in [2.24, 2.45) is 5.41 Å². The Morgan fingerprint density at radius 3 is 2.61 bits per heavy atom. The summed E-state index contributed by atoms with van der Waals surface area (Å²) in [5, 5.41) is 2.85. The quantitative estimate of drug-likeness (QED) is 0.816. The van der Waals surface area contributed by atoms with Gasteiger partial charge in [-0.1, -0.05) is 30.3 Å². The van der Waals surface area contributed by atoms with E-state index in [1.165, 1.54) is 0 Å². The monoisotopic (exact) mass is 318 g/mol. The zero-order valence-corrected chi connectivity index (χ0v) is 14.2. The maximum atomic E-state index is 12.6. The van der Waals surface area contributed by atoms with Crippen LogP contribution in [0.25, 0.3) is 0 Å². The van der Waals surface area contributed by atoms with Gasteiger partial charge in [0.25, 0.3) is 0 Å². The first kappa shape index (κ1) is 17.5. The van der Waals surface area contributed by atoms with E-state index in [0.29, 0.717) is 13.1 Å². The summed E-state index contributed by atoms with van der Waals surface area (Å²) in [6, 6.07) is 9.75. The average Bonchev–Trinajstić information content (AvgIpc) is 3.06. The van der Waals surface area contributed by atoms with Crippen molar-refractivity contribution in [3.63, 3.8) is 0 Å². The lowest BCUT2D eigenvalue weighted by atomic mass is 9.90. The summed E-state index contributed by atoms with van der Waals surface area (Å²) in [4.78, 5) is 26.6. The third kappa shape index (κ3) is 4.55. The van der Waals surface area contributed by atoms with Crippen molar-refractivity contribution in [2.75, 3.05) is 20.2 Å². The number of benzene rings is 1. The highest BCUT2D eigenvalue weighted by molar-refractivity contribution is 6.04. The molecule has 23 heavy (non-hydrogen) atoms. The van der Waals surface area contributed by atoms with Crippen molar-refractivity contribution < 1.29 is 14.3 Å². The number of ether oxygens (including phenoxy) is 1. The molecule has 0 aromatic heterocycles. The van der Waals surface area contributed by atoms with Crippen LogP contribution < -0.4 is 5.32 Å². The molecule has 2 amide bonds. The minimum atomic E-state index is -1.10. The van der Waals surface area contributed by atoms with E-state index in [1.807, 2.05) is 30.3 Å². The largest absolute Gasteiger partial charge is 0.376 e. The first-order chi connectivity index (χ1) is 10.9. The van der Waals surface area contributed by atoms with Crippen molar-refractivity contribution in [2.45, 2.75) is 39.3 Å². The Labute approximate surface area is 138 Å². The van der Waals surface area contributed by atoms with Gasteiger partial charge in [0.2, 0.25) is 11.8 Å². The van der Waals surface area contributed by atoms with Gasteiger partial charge in [-0.3, -0.25) is 9.59 Å². The fraction of sp³-hybridized carbons (Fsp3) is 0.556. The topological polar surface area (TPSA) is 58.6 Å². The van der Waals surface area contributed by atoms with Crippen LogP contribution in [0.4, 0.5) is 0 Å². The van der Waals surface area contributed by atoms with Crippen LogP contribution >= 0.6 is 0 Å². The number of carbonyl (C=O) groups is 2. The zero-order chi connectivity index (χ0) is 16.9. The predicted octanol–water partition coefficient (Wildman–Crippen LogP) is 1.97. The molecule has 1 atom stereocenters. The fourth-order valence-electron chi connectivity index (χ4n) is 2.74. The summed E-state index contributed by atoms with van der Waals surface area (Å²) in [5.74, 6) is -0.441. The summed E-state index contributed by atoms with van der Waals surface area (Å²) < 4.78 is 5.49. The standard InChI is InChI=1S/C18H26N2O3/c1-18(2,16(21)19-12-15-10-7-11-23-15)17(22)20(3)13-14-8-5-4-6-9-14/h4-6,8-9,15H,7,10-13H2,1-3H3,(H,19,21). The molecule has 0 aliphatic carbocycles. The highest BCUT2D eigenvalue weighted by Gasteiger charge is 2.38. The van der Waals surface area contributed by atoms with E-state index >= 15 is 0 Å². The summed E-state index contributed by atoms with van der Waals surface area (Å²) in [7, 11) is 1.73. The van der Waals surface area contributed by atoms with Gasteiger partial charge in [0.1, 0.15) is 5.41 Å². The van der Waals surface area contributed by atoms with Gasteiger partial charge in [0, 0.05) is 26.7 Å². The summed E-state index contributed by atoms with van der Waals surface area (Å²) in [6.45, 7) is 5.05. The number of nitrogens with one attached hydrogen (secondary N) is 1. The summed E-state index contributed by atoms with van der Waals surface area (Å²) >= 11 is 0. The molecule has 1 heterocycles. The molecule has 1 aliphatic rings.